The average Bonchev–Trinajstić information content (AvgIpc) is 3.46. The third-order valence-corrected chi connectivity index (χ3v) is 5.78. The second kappa shape index (κ2) is 7.81. The van der Waals surface area contributed by atoms with E-state index in [9.17, 15) is 19.1 Å². The van der Waals surface area contributed by atoms with E-state index < -0.39 is 12.2 Å². The molecule has 1 heterocycles. The van der Waals surface area contributed by atoms with Gasteiger partial charge in [-0.2, -0.15) is 0 Å². The third kappa shape index (κ3) is 4.29. The molecule has 150 valence electrons. The Bertz CT molecular complexity index is 778. The van der Waals surface area contributed by atoms with Crippen LogP contribution in [-0.4, -0.2) is 53.7 Å². The van der Waals surface area contributed by atoms with Crippen molar-refractivity contribution in [2.24, 2.45) is 5.92 Å². The van der Waals surface area contributed by atoms with Crippen LogP contribution in [0.1, 0.15) is 32.1 Å². The summed E-state index contributed by atoms with van der Waals surface area (Å²) in [6.07, 6.45) is 3.13. The smallest absolute Gasteiger partial charge is 0.260 e. The highest BCUT2D eigenvalue weighted by molar-refractivity contribution is 5.81. The van der Waals surface area contributed by atoms with Crippen molar-refractivity contribution in [1.82, 2.24) is 10.2 Å². The number of piperidine rings is 1. The molecule has 1 aromatic carbocycles. The molecule has 7 heteroatoms. The summed E-state index contributed by atoms with van der Waals surface area (Å²) < 4.78 is 19.9. The van der Waals surface area contributed by atoms with E-state index in [1.807, 2.05) is 0 Å². The number of halogens is 1. The van der Waals surface area contributed by atoms with Gasteiger partial charge in [0.15, 0.2) is 6.61 Å². The lowest BCUT2D eigenvalue weighted by Gasteiger charge is -2.37. The Morgan fingerprint density at radius 3 is 2.54 bits per heavy atom. The Morgan fingerprint density at radius 2 is 1.89 bits per heavy atom. The topological polar surface area (TPSA) is 78.9 Å². The predicted molar refractivity (Wildman–Crippen MR) is 101 cm³/mol. The van der Waals surface area contributed by atoms with E-state index in [2.05, 4.69) is 5.32 Å². The highest BCUT2D eigenvalue weighted by Gasteiger charge is 2.37. The maximum Gasteiger partial charge on any atom is 0.260 e. The minimum absolute atomic E-state index is 0.0197. The molecular formula is C21H25FN2O4. The van der Waals surface area contributed by atoms with Crippen LogP contribution in [-0.2, 0) is 9.59 Å². The van der Waals surface area contributed by atoms with E-state index in [1.54, 1.807) is 12.1 Å². The Kier molecular flexibility index (Phi) is 5.24. The lowest BCUT2D eigenvalue weighted by Crippen LogP contribution is -2.55. The van der Waals surface area contributed by atoms with Crippen LogP contribution in [0.5, 0.6) is 11.5 Å². The molecule has 2 N–H and O–H groups in total. The van der Waals surface area contributed by atoms with Crippen molar-refractivity contribution in [1.29, 1.82) is 0 Å². The Balaban J connectivity index is 1.21. The first-order valence-electron chi connectivity index (χ1n) is 9.83. The van der Waals surface area contributed by atoms with Crippen molar-refractivity contribution in [3.05, 3.63) is 35.4 Å². The number of likely N-dealkylation sites (tertiary alicyclic amines) is 1. The maximum atomic E-state index is 14.5. The number of alkyl halides is 1. The van der Waals surface area contributed by atoms with Gasteiger partial charge in [-0.05, 0) is 56.4 Å². The Hall–Kier alpha value is -2.57. The number of ether oxygens (including phenoxy) is 1. The molecule has 6 nitrogen and oxygen atoms in total. The van der Waals surface area contributed by atoms with Crippen molar-refractivity contribution >= 4 is 11.8 Å². The quantitative estimate of drug-likeness (QED) is 0.759. The van der Waals surface area contributed by atoms with E-state index >= 15 is 0 Å². The van der Waals surface area contributed by atoms with Crippen molar-refractivity contribution in [3.8, 4) is 11.5 Å². The molecule has 0 unspecified atom stereocenters. The SMILES string of the molecule is O=C(N[C@@H]1CCN(C(=O)COc2ccc(O)cc2)C[C@H]1F)C1CC(=C2CC2)C1. The average molecular weight is 388 g/mol. The second-order valence-electron chi connectivity index (χ2n) is 7.85. The van der Waals surface area contributed by atoms with Crippen LogP contribution in [0.2, 0.25) is 0 Å². The zero-order chi connectivity index (χ0) is 19.7. The minimum Gasteiger partial charge on any atom is -0.508 e. The number of phenolic OH excluding ortho intramolecular Hbond substituents is 1. The van der Waals surface area contributed by atoms with E-state index in [-0.39, 0.29) is 36.6 Å². The number of phenols is 1. The predicted octanol–water partition coefficient (Wildman–Crippen LogP) is 2.33. The second-order valence-corrected chi connectivity index (χ2v) is 7.85. The van der Waals surface area contributed by atoms with Crippen LogP contribution in [0.4, 0.5) is 4.39 Å². The lowest BCUT2D eigenvalue weighted by atomic mass is 9.78. The van der Waals surface area contributed by atoms with Gasteiger partial charge in [-0.3, -0.25) is 9.59 Å². The van der Waals surface area contributed by atoms with Gasteiger partial charge < -0.3 is 20.1 Å². The third-order valence-electron chi connectivity index (χ3n) is 5.78. The summed E-state index contributed by atoms with van der Waals surface area (Å²) in [4.78, 5) is 26.0. The summed E-state index contributed by atoms with van der Waals surface area (Å²) in [6, 6.07) is 5.53. The molecule has 2 aliphatic carbocycles. The van der Waals surface area contributed by atoms with Gasteiger partial charge >= 0.3 is 0 Å². The number of allylic oxidation sites excluding steroid dienone is 2. The number of amides is 2. The summed E-state index contributed by atoms with van der Waals surface area (Å²) in [7, 11) is 0. The number of rotatable bonds is 5. The Labute approximate surface area is 163 Å². The summed E-state index contributed by atoms with van der Waals surface area (Å²) >= 11 is 0. The molecule has 1 aromatic rings. The highest BCUT2D eigenvalue weighted by Crippen LogP contribution is 2.44. The minimum atomic E-state index is -1.28. The number of aromatic hydroxyl groups is 1. The summed E-state index contributed by atoms with van der Waals surface area (Å²) in [6.45, 7) is 0.166. The number of nitrogens with one attached hydrogen (secondary N) is 1. The summed E-state index contributed by atoms with van der Waals surface area (Å²) in [5.74, 6) is 0.207. The molecule has 2 atom stereocenters. The molecule has 28 heavy (non-hydrogen) atoms. The van der Waals surface area contributed by atoms with Gasteiger partial charge in [0, 0.05) is 12.5 Å². The summed E-state index contributed by atoms with van der Waals surface area (Å²) in [5, 5.41) is 12.1. The van der Waals surface area contributed by atoms with E-state index in [4.69, 9.17) is 4.74 Å². The van der Waals surface area contributed by atoms with Gasteiger partial charge in [0.25, 0.3) is 5.91 Å². The number of carbonyl (C=O) groups is 2. The number of nitrogens with zero attached hydrogens (tertiary/aromatic N) is 1. The molecule has 1 saturated heterocycles. The molecule has 0 bridgehead atoms. The molecule has 2 amide bonds. The molecule has 3 aliphatic rings. The molecule has 0 aromatic heterocycles. The fourth-order valence-corrected chi connectivity index (χ4v) is 3.80. The fourth-order valence-electron chi connectivity index (χ4n) is 3.80. The molecule has 1 aliphatic heterocycles. The van der Waals surface area contributed by atoms with Crippen molar-refractivity contribution < 1.29 is 23.8 Å². The lowest BCUT2D eigenvalue weighted by molar-refractivity contribution is -0.136. The first kappa shape index (κ1) is 18.8. The highest BCUT2D eigenvalue weighted by atomic mass is 19.1. The summed E-state index contributed by atoms with van der Waals surface area (Å²) in [5.41, 5.74) is 2.93. The zero-order valence-electron chi connectivity index (χ0n) is 15.7. The van der Waals surface area contributed by atoms with Crippen molar-refractivity contribution in [3.63, 3.8) is 0 Å². The standard InChI is InChI=1S/C21H25FN2O4/c22-18-11-24(20(26)12-28-17-5-3-16(25)4-6-17)8-7-19(18)23-21(27)15-9-14(10-15)13-1-2-13/h3-6,15,18-19,25H,1-2,7-12H2,(H,23,27)/t18-,19-/m1/s1. The van der Waals surface area contributed by atoms with Gasteiger partial charge in [-0.1, -0.05) is 11.1 Å². The number of hydrogen-bond acceptors (Lipinski definition) is 4. The van der Waals surface area contributed by atoms with Gasteiger partial charge in [0.1, 0.15) is 17.7 Å². The number of benzene rings is 1. The fraction of sp³-hybridized carbons (Fsp3) is 0.524. The van der Waals surface area contributed by atoms with Crippen LogP contribution in [0.3, 0.4) is 0 Å². The van der Waals surface area contributed by atoms with E-state index in [1.165, 1.54) is 41.0 Å². The largest absolute Gasteiger partial charge is 0.508 e. The molecule has 0 radical (unpaired) electrons. The van der Waals surface area contributed by atoms with Crippen LogP contribution in [0.15, 0.2) is 35.4 Å². The van der Waals surface area contributed by atoms with E-state index in [0.717, 1.165) is 12.8 Å². The van der Waals surface area contributed by atoms with Gasteiger partial charge in [-0.15, -0.1) is 0 Å². The van der Waals surface area contributed by atoms with Crippen LogP contribution in [0, 0.1) is 5.92 Å². The Morgan fingerprint density at radius 1 is 1.18 bits per heavy atom. The molecular weight excluding hydrogens is 363 g/mol. The van der Waals surface area contributed by atoms with Gasteiger partial charge in [0.05, 0.1) is 12.6 Å². The van der Waals surface area contributed by atoms with Gasteiger partial charge in [0.2, 0.25) is 5.91 Å². The maximum absolute atomic E-state index is 14.5. The zero-order valence-corrected chi connectivity index (χ0v) is 15.7. The first-order valence-corrected chi connectivity index (χ1v) is 9.83. The van der Waals surface area contributed by atoms with Crippen LogP contribution in [0.25, 0.3) is 0 Å². The molecule has 2 saturated carbocycles. The van der Waals surface area contributed by atoms with Crippen LogP contribution < -0.4 is 10.1 Å². The molecule has 3 fully saturated rings. The monoisotopic (exact) mass is 388 g/mol. The molecule has 4 rings (SSSR count). The van der Waals surface area contributed by atoms with E-state index in [0.29, 0.717) is 18.7 Å². The normalized spacial score (nSPS) is 26.5. The van der Waals surface area contributed by atoms with Crippen molar-refractivity contribution in [2.45, 2.75) is 44.3 Å². The van der Waals surface area contributed by atoms with Crippen molar-refractivity contribution in [2.75, 3.05) is 19.7 Å². The molecule has 0 spiro atoms. The first-order chi connectivity index (χ1) is 13.5. The number of carbonyl (C=O) groups excluding carboxylic acids is 2. The number of hydrogen-bond donors (Lipinski definition) is 2. The van der Waals surface area contributed by atoms with Gasteiger partial charge in [-0.25, -0.2) is 4.39 Å². The van der Waals surface area contributed by atoms with Crippen LogP contribution >= 0.6 is 0 Å².